The fourth-order valence-electron chi connectivity index (χ4n) is 2.10. The van der Waals surface area contributed by atoms with Gasteiger partial charge in [-0.1, -0.05) is 30.3 Å². The lowest BCUT2D eigenvalue weighted by molar-refractivity contribution is -0.114. The molecule has 1 saturated heterocycles. The van der Waals surface area contributed by atoms with E-state index in [1.807, 2.05) is 36.4 Å². The van der Waals surface area contributed by atoms with Gasteiger partial charge in [-0.05, 0) is 17.7 Å². The lowest BCUT2D eigenvalue weighted by Gasteiger charge is -2.14. The molecule has 2 aromatic carbocycles. The number of amides is 1. The molecule has 0 saturated carbocycles. The third kappa shape index (κ3) is 4.72. The summed E-state index contributed by atoms with van der Waals surface area (Å²) in [6, 6.07) is 15.3. The van der Waals surface area contributed by atoms with Crippen LogP contribution in [0.4, 0.5) is 5.69 Å². The Bertz CT molecular complexity index is 668. The van der Waals surface area contributed by atoms with E-state index in [9.17, 15) is 4.79 Å². The van der Waals surface area contributed by atoms with Gasteiger partial charge < -0.3 is 19.5 Å². The zero-order chi connectivity index (χ0) is 16.1. The molecule has 1 fully saturated rings. The van der Waals surface area contributed by atoms with Gasteiger partial charge in [0.2, 0.25) is 5.91 Å². The van der Waals surface area contributed by atoms with Gasteiger partial charge in [-0.25, -0.2) is 0 Å². The van der Waals surface area contributed by atoms with Crippen molar-refractivity contribution in [2.75, 3.05) is 18.5 Å². The molecule has 120 valence electrons. The van der Waals surface area contributed by atoms with Crippen molar-refractivity contribution < 1.29 is 19.0 Å². The number of nitrogens with one attached hydrogen (secondary N) is 1. The molecular formula is C18H19NO4. The van der Waals surface area contributed by atoms with Gasteiger partial charge in [-0.3, -0.25) is 4.79 Å². The zero-order valence-electron chi connectivity index (χ0n) is 13.0. The van der Waals surface area contributed by atoms with Gasteiger partial charge in [0.25, 0.3) is 0 Å². The maximum Gasteiger partial charge on any atom is 0.221 e. The van der Waals surface area contributed by atoms with Crippen LogP contribution >= 0.6 is 0 Å². The number of ether oxygens (including phenoxy) is 3. The first-order chi connectivity index (χ1) is 11.2. The Morgan fingerprint density at radius 3 is 2.70 bits per heavy atom. The second-order valence-electron chi connectivity index (χ2n) is 5.38. The Morgan fingerprint density at radius 1 is 1.22 bits per heavy atom. The van der Waals surface area contributed by atoms with Crippen LogP contribution in [0.3, 0.4) is 0 Å². The Kier molecular flexibility index (Phi) is 4.78. The van der Waals surface area contributed by atoms with E-state index in [0.29, 0.717) is 30.4 Å². The minimum absolute atomic E-state index is 0.155. The summed E-state index contributed by atoms with van der Waals surface area (Å²) in [7, 11) is 0. The quantitative estimate of drug-likeness (QED) is 0.798. The predicted octanol–water partition coefficient (Wildman–Crippen LogP) is 3.00. The Morgan fingerprint density at radius 2 is 2.00 bits per heavy atom. The fraction of sp³-hybridized carbons (Fsp3) is 0.278. The first-order valence-corrected chi connectivity index (χ1v) is 7.53. The number of hydrogen-bond donors (Lipinski definition) is 1. The molecule has 1 N–H and O–H groups in total. The number of anilines is 1. The Labute approximate surface area is 135 Å². The minimum Gasteiger partial charge on any atom is -0.491 e. The molecule has 0 aromatic heterocycles. The highest BCUT2D eigenvalue weighted by Crippen LogP contribution is 2.30. The normalized spacial score (nSPS) is 15.8. The van der Waals surface area contributed by atoms with Crippen LogP contribution in [0.15, 0.2) is 48.5 Å². The average Bonchev–Trinajstić information content (AvgIpc) is 3.37. The van der Waals surface area contributed by atoms with E-state index in [0.717, 1.165) is 12.2 Å². The van der Waals surface area contributed by atoms with Crippen LogP contribution in [0.25, 0.3) is 0 Å². The Hall–Kier alpha value is -2.53. The summed E-state index contributed by atoms with van der Waals surface area (Å²) in [4.78, 5) is 11.4. The second-order valence-corrected chi connectivity index (χ2v) is 5.38. The highest BCUT2D eigenvalue weighted by molar-refractivity contribution is 5.90. The van der Waals surface area contributed by atoms with Crippen LogP contribution in [0.5, 0.6) is 11.5 Å². The summed E-state index contributed by atoms with van der Waals surface area (Å²) in [6.07, 6.45) is 0.188. The molecule has 5 heteroatoms. The number of carbonyl (C=O) groups is 1. The molecule has 0 radical (unpaired) electrons. The van der Waals surface area contributed by atoms with Crippen molar-refractivity contribution in [1.29, 1.82) is 0 Å². The lowest BCUT2D eigenvalue weighted by atomic mass is 10.2. The molecule has 1 amide bonds. The summed E-state index contributed by atoms with van der Waals surface area (Å²) in [5.41, 5.74) is 1.66. The highest BCUT2D eigenvalue weighted by Gasteiger charge is 2.23. The molecule has 23 heavy (non-hydrogen) atoms. The summed E-state index contributed by atoms with van der Waals surface area (Å²) < 4.78 is 16.6. The van der Waals surface area contributed by atoms with Crippen molar-refractivity contribution in [1.82, 2.24) is 0 Å². The molecule has 5 nitrogen and oxygen atoms in total. The zero-order valence-corrected chi connectivity index (χ0v) is 13.0. The van der Waals surface area contributed by atoms with Crippen LogP contribution in [0.2, 0.25) is 0 Å². The smallest absolute Gasteiger partial charge is 0.221 e. The largest absolute Gasteiger partial charge is 0.491 e. The topological polar surface area (TPSA) is 60.1 Å². The van der Waals surface area contributed by atoms with Gasteiger partial charge in [0, 0.05) is 13.0 Å². The molecule has 1 aliphatic heterocycles. The van der Waals surface area contributed by atoms with Crippen LogP contribution in [-0.2, 0) is 16.1 Å². The molecule has 1 aliphatic rings. The lowest BCUT2D eigenvalue weighted by Crippen LogP contribution is -2.09. The van der Waals surface area contributed by atoms with Crippen molar-refractivity contribution in [3.05, 3.63) is 54.1 Å². The molecule has 1 atom stereocenters. The SMILES string of the molecule is CC(=O)Nc1cc(OCC2CO2)ccc1OCc1ccccc1. The number of rotatable bonds is 7. The van der Waals surface area contributed by atoms with Gasteiger partial charge in [-0.15, -0.1) is 0 Å². The molecule has 0 bridgehead atoms. The second kappa shape index (κ2) is 7.15. The van der Waals surface area contributed by atoms with Crippen LogP contribution in [-0.4, -0.2) is 25.2 Å². The standard InChI is InChI=1S/C18H19NO4/c1-13(20)19-17-9-15(21-11-16-12-22-16)7-8-18(17)23-10-14-5-3-2-4-6-14/h2-9,16H,10-12H2,1H3,(H,19,20). The van der Waals surface area contributed by atoms with E-state index in [2.05, 4.69) is 5.32 Å². The van der Waals surface area contributed by atoms with E-state index < -0.39 is 0 Å². The summed E-state index contributed by atoms with van der Waals surface area (Å²) in [6.45, 7) is 3.16. The summed E-state index contributed by atoms with van der Waals surface area (Å²) >= 11 is 0. The number of benzene rings is 2. The van der Waals surface area contributed by atoms with Gasteiger partial charge in [0.05, 0.1) is 12.3 Å². The number of hydrogen-bond acceptors (Lipinski definition) is 4. The monoisotopic (exact) mass is 313 g/mol. The molecule has 3 rings (SSSR count). The van der Waals surface area contributed by atoms with E-state index in [-0.39, 0.29) is 12.0 Å². The van der Waals surface area contributed by atoms with Crippen LogP contribution in [0.1, 0.15) is 12.5 Å². The van der Waals surface area contributed by atoms with Crippen molar-refractivity contribution in [3.8, 4) is 11.5 Å². The Balaban J connectivity index is 1.69. The molecule has 1 heterocycles. The van der Waals surface area contributed by atoms with Crippen LogP contribution in [0, 0.1) is 0 Å². The minimum atomic E-state index is -0.155. The van der Waals surface area contributed by atoms with E-state index >= 15 is 0 Å². The highest BCUT2D eigenvalue weighted by atomic mass is 16.6. The van der Waals surface area contributed by atoms with Gasteiger partial charge >= 0.3 is 0 Å². The maximum absolute atomic E-state index is 11.4. The first-order valence-electron chi connectivity index (χ1n) is 7.53. The number of epoxide rings is 1. The molecule has 0 aliphatic carbocycles. The van der Waals surface area contributed by atoms with E-state index in [1.165, 1.54) is 6.92 Å². The van der Waals surface area contributed by atoms with Gasteiger partial charge in [-0.2, -0.15) is 0 Å². The molecular weight excluding hydrogens is 294 g/mol. The first kappa shape index (κ1) is 15.4. The number of carbonyl (C=O) groups excluding carboxylic acids is 1. The molecule has 2 aromatic rings. The van der Waals surface area contributed by atoms with Gasteiger partial charge in [0.1, 0.15) is 30.8 Å². The third-order valence-corrected chi connectivity index (χ3v) is 3.34. The van der Waals surface area contributed by atoms with E-state index in [4.69, 9.17) is 14.2 Å². The van der Waals surface area contributed by atoms with E-state index in [1.54, 1.807) is 12.1 Å². The summed E-state index contributed by atoms with van der Waals surface area (Å²) in [5, 5.41) is 2.78. The van der Waals surface area contributed by atoms with Gasteiger partial charge in [0.15, 0.2) is 0 Å². The van der Waals surface area contributed by atoms with Crippen molar-refractivity contribution in [2.45, 2.75) is 19.6 Å². The molecule has 1 unspecified atom stereocenters. The fourth-order valence-corrected chi connectivity index (χ4v) is 2.10. The average molecular weight is 313 g/mol. The van der Waals surface area contributed by atoms with Crippen molar-refractivity contribution in [3.63, 3.8) is 0 Å². The van der Waals surface area contributed by atoms with Crippen LogP contribution < -0.4 is 14.8 Å². The summed E-state index contributed by atoms with van der Waals surface area (Å²) in [5.74, 6) is 1.13. The maximum atomic E-state index is 11.4. The van der Waals surface area contributed by atoms with Crippen molar-refractivity contribution in [2.24, 2.45) is 0 Å². The molecule has 0 spiro atoms. The van der Waals surface area contributed by atoms with Crippen molar-refractivity contribution >= 4 is 11.6 Å². The predicted molar refractivity (Wildman–Crippen MR) is 86.8 cm³/mol. The third-order valence-electron chi connectivity index (χ3n) is 3.34.